The molecule has 1 aromatic carbocycles. The zero-order chi connectivity index (χ0) is 17.7. The molecule has 0 saturated carbocycles. The van der Waals surface area contributed by atoms with E-state index in [1.807, 2.05) is 32.9 Å². The number of carbonyl (C=O) groups is 2. The average Bonchev–Trinajstić information content (AvgIpc) is 2.96. The van der Waals surface area contributed by atoms with Gasteiger partial charge in [-0.1, -0.05) is 48.0 Å². The molecule has 0 unspecified atom stereocenters. The molecule has 0 spiro atoms. The molecule has 0 fully saturated rings. The van der Waals surface area contributed by atoms with E-state index in [2.05, 4.69) is 36.8 Å². The van der Waals surface area contributed by atoms with E-state index in [1.165, 1.54) is 11.3 Å². The molecule has 0 atom stereocenters. The molecule has 0 aliphatic carbocycles. The lowest BCUT2D eigenvalue weighted by atomic mass is 9.98. The first-order chi connectivity index (χ1) is 11.2. The van der Waals surface area contributed by atoms with E-state index < -0.39 is 0 Å². The number of amides is 2. The third-order valence-corrected chi connectivity index (χ3v) is 4.81. The van der Waals surface area contributed by atoms with Gasteiger partial charge in [0.25, 0.3) is 0 Å². The minimum Gasteiger partial charge on any atom is -0.326 e. The molecular formula is C16H19BrN4O2S. The third kappa shape index (κ3) is 5.68. The summed E-state index contributed by atoms with van der Waals surface area (Å²) in [5, 5.41) is 14.8. The first-order valence-corrected chi connectivity index (χ1v) is 9.04. The van der Waals surface area contributed by atoms with Crippen molar-refractivity contribution in [2.24, 2.45) is 0 Å². The molecule has 2 N–H and O–H groups in total. The van der Waals surface area contributed by atoms with E-state index in [-0.39, 0.29) is 30.1 Å². The maximum absolute atomic E-state index is 11.9. The van der Waals surface area contributed by atoms with E-state index >= 15 is 0 Å². The lowest BCUT2D eigenvalue weighted by Gasteiger charge is -2.12. The Morgan fingerprint density at radius 3 is 2.17 bits per heavy atom. The molecule has 2 aromatic rings. The van der Waals surface area contributed by atoms with E-state index in [9.17, 15) is 9.59 Å². The van der Waals surface area contributed by atoms with Crippen LogP contribution in [0.4, 0.5) is 10.8 Å². The molecule has 24 heavy (non-hydrogen) atoms. The molecule has 2 amide bonds. The quantitative estimate of drug-likeness (QED) is 0.780. The second-order valence-electron chi connectivity index (χ2n) is 6.27. The number of benzene rings is 1. The fourth-order valence-corrected chi connectivity index (χ4v) is 2.82. The predicted octanol–water partition coefficient (Wildman–Crippen LogP) is 3.96. The fraction of sp³-hybridized carbons (Fsp3) is 0.375. The summed E-state index contributed by atoms with van der Waals surface area (Å²) in [5.41, 5.74) is 0.591. The minimum atomic E-state index is -0.252. The zero-order valence-electron chi connectivity index (χ0n) is 13.7. The molecular weight excluding hydrogens is 392 g/mol. The summed E-state index contributed by atoms with van der Waals surface area (Å²) in [7, 11) is 0. The molecule has 1 heterocycles. The number of nitrogens with one attached hydrogen (secondary N) is 2. The van der Waals surface area contributed by atoms with Gasteiger partial charge in [0.05, 0.1) is 0 Å². The van der Waals surface area contributed by atoms with E-state index in [4.69, 9.17) is 0 Å². The van der Waals surface area contributed by atoms with Crippen molar-refractivity contribution in [3.63, 3.8) is 0 Å². The second-order valence-corrected chi connectivity index (χ2v) is 8.16. The van der Waals surface area contributed by atoms with Crippen LogP contribution in [0.15, 0.2) is 28.7 Å². The van der Waals surface area contributed by atoms with Gasteiger partial charge in [0, 0.05) is 28.4 Å². The normalized spacial score (nSPS) is 11.2. The van der Waals surface area contributed by atoms with E-state index in [0.717, 1.165) is 9.48 Å². The van der Waals surface area contributed by atoms with Crippen molar-refractivity contribution in [1.82, 2.24) is 10.2 Å². The Hall–Kier alpha value is -1.80. The molecule has 0 saturated heterocycles. The molecule has 0 bridgehead atoms. The van der Waals surface area contributed by atoms with Crippen LogP contribution < -0.4 is 10.6 Å². The van der Waals surface area contributed by atoms with Crippen molar-refractivity contribution in [2.45, 2.75) is 39.0 Å². The Balaban J connectivity index is 1.79. The van der Waals surface area contributed by atoms with Gasteiger partial charge in [-0.05, 0) is 24.3 Å². The van der Waals surface area contributed by atoms with Gasteiger partial charge in [-0.25, -0.2) is 0 Å². The molecule has 2 rings (SSSR count). The molecule has 0 radical (unpaired) electrons. The highest BCUT2D eigenvalue weighted by atomic mass is 79.9. The highest BCUT2D eigenvalue weighted by Crippen LogP contribution is 2.27. The standard InChI is InChI=1S/C16H19BrN4O2S/c1-16(2,3)14-20-21-15(24-14)19-13(23)9-8-12(22)18-11-6-4-10(17)5-7-11/h4-7H,8-9H2,1-3H3,(H,18,22)(H,19,21,23). The maximum atomic E-state index is 11.9. The average molecular weight is 411 g/mol. The minimum absolute atomic E-state index is 0.0901. The van der Waals surface area contributed by atoms with Crippen LogP contribution in [-0.4, -0.2) is 22.0 Å². The molecule has 1 aromatic heterocycles. The summed E-state index contributed by atoms with van der Waals surface area (Å²) in [6.45, 7) is 6.10. The lowest BCUT2D eigenvalue weighted by Crippen LogP contribution is -2.17. The summed E-state index contributed by atoms with van der Waals surface area (Å²) in [5.74, 6) is -0.460. The summed E-state index contributed by atoms with van der Waals surface area (Å²) in [4.78, 5) is 23.8. The number of hydrogen-bond donors (Lipinski definition) is 2. The van der Waals surface area contributed by atoms with Crippen LogP contribution in [0.2, 0.25) is 0 Å². The van der Waals surface area contributed by atoms with Gasteiger partial charge in [0.1, 0.15) is 5.01 Å². The Labute approximate surface area is 153 Å². The van der Waals surface area contributed by atoms with Crippen LogP contribution in [0.5, 0.6) is 0 Å². The highest BCUT2D eigenvalue weighted by Gasteiger charge is 2.20. The topological polar surface area (TPSA) is 84.0 Å². The Kier molecular flexibility index (Phi) is 6.06. The number of anilines is 2. The maximum Gasteiger partial charge on any atom is 0.226 e. The van der Waals surface area contributed by atoms with Crippen LogP contribution in [0, 0.1) is 0 Å². The van der Waals surface area contributed by atoms with Gasteiger partial charge in [-0.15, -0.1) is 10.2 Å². The number of rotatable bonds is 5. The molecule has 6 nitrogen and oxygen atoms in total. The largest absolute Gasteiger partial charge is 0.326 e. The first kappa shape index (κ1) is 18.5. The SMILES string of the molecule is CC(C)(C)c1nnc(NC(=O)CCC(=O)Nc2ccc(Br)cc2)s1. The number of halogens is 1. The Bertz CT molecular complexity index is 722. The third-order valence-electron chi connectivity index (χ3n) is 3.02. The number of hydrogen-bond acceptors (Lipinski definition) is 5. The molecule has 0 aliphatic rings. The van der Waals surface area contributed by atoms with Gasteiger partial charge in [0.15, 0.2) is 0 Å². The van der Waals surface area contributed by atoms with Gasteiger partial charge in [0.2, 0.25) is 16.9 Å². The zero-order valence-corrected chi connectivity index (χ0v) is 16.1. The van der Waals surface area contributed by atoms with Crippen molar-refractivity contribution < 1.29 is 9.59 Å². The van der Waals surface area contributed by atoms with Crippen molar-refractivity contribution in [3.05, 3.63) is 33.7 Å². The smallest absolute Gasteiger partial charge is 0.226 e. The Morgan fingerprint density at radius 2 is 1.62 bits per heavy atom. The van der Waals surface area contributed by atoms with Crippen molar-refractivity contribution in [3.8, 4) is 0 Å². The second kappa shape index (κ2) is 7.85. The van der Waals surface area contributed by atoms with Crippen molar-refractivity contribution in [1.29, 1.82) is 0 Å². The molecule has 8 heteroatoms. The summed E-state index contributed by atoms with van der Waals surface area (Å²) < 4.78 is 0.937. The van der Waals surface area contributed by atoms with Gasteiger partial charge >= 0.3 is 0 Å². The van der Waals surface area contributed by atoms with Gasteiger partial charge in [-0.2, -0.15) is 0 Å². The van der Waals surface area contributed by atoms with E-state index in [1.54, 1.807) is 12.1 Å². The van der Waals surface area contributed by atoms with Crippen LogP contribution >= 0.6 is 27.3 Å². The predicted molar refractivity (Wildman–Crippen MR) is 99.2 cm³/mol. The van der Waals surface area contributed by atoms with Gasteiger partial charge < -0.3 is 10.6 Å². The summed E-state index contributed by atoms with van der Waals surface area (Å²) in [6.07, 6.45) is 0.194. The van der Waals surface area contributed by atoms with Crippen LogP contribution in [0.1, 0.15) is 38.6 Å². The highest BCUT2D eigenvalue weighted by molar-refractivity contribution is 9.10. The monoisotopic (exact) mass is 410 g/mol. The van der Waals surface area contributed by atoms with Crippen molar-refractivity contribution in [2.75, 3.05) is 10.6 Å². The molecule has 0 aliphatic heterocycles. The fourth-order valence-electron chi connectivity index (χ4n) is 1.74. The number of nitrogens with zero attached hydrogens (tertiary/aromatic N) is 2. The first-order valence-electron chi connectivity index (χ1n) is 7.43. The number of carbonyl (C=O) groups excluding carboxylic acids is 2. The molecule has 128 valence electrons. The van der Waals surface area contributed by atoms with Crippen LogP contribution in [-0.2, 0) is 15.0 Å². The lowest BCUT2D eigenvalue weighted by molar-refractivity contribution is -0.121. The summed E-state index contributed by atoms with van der Waals surface area (Å²) in [6, 6.07) is 7.25. The van der Waals surface area contributed by atoms with E-state index in [0.29, 0.717) is 10.8 Å². The number of aromatic nitrogens is 2. The Morgan fingerprint density at radius 1 is 1.04 bits per heavy atom. The van der Waals surface area contributed by atoms with Crippen LogP contribution in [0.3, 0.4) is 0 Å². The summed E-state index contributed by atoms with van der Waals surface area (Å²) >= 11 is 4.68. The van der Waals surface area contributed by atoms with Crippen LogP contribution in [0.25, 0.3) is 0 Å². The van der Waals surface area contributed by atoms with Crippen molar-refractivity contribution >= 4 is 49.9 Å². The van der Waals surface area contributed by atoms with Gasteiger partial charge in [-0.3, -0.25) is 9.59 Å².